The Morgan fingerprint density at radius 2 is 2.22 bits per heavy atom. The molecule has 1 rings (SSSR count). The lowest BCUT2D eigenvalue weighted by Crippen LogP contribution is -2.03. The van der Waals surface area contributed by atoms with Gasteiger partial charge in [0.15, 0.2) is 9.84 Å². The first-order chi connectivity index (χ1) is 4.14. The number of hydrogen-bond donors (Lipinski definition) is 1. The predicted molar refractivity (Wildman–Crippen MR) is 32.5 cm³/mol. The van der Waals surface area contributed by atoms with Crippen molar-refractivity contribution in [3.05, 3.63) is 0 Å². The minimum atomic E-state index is -2.90. The van der Waals surface area contributed by atoms with Gasteiger partial charge >= 0.3 is 0 Å². The van der Waals surface area contributed by atoms with Crippen LogP contribution in [0.1, 0.15) is 6.42 Å². The molecule has 0 saturated carbocycles. The number of sulfone groups is 1. The summed E-state index contributed by atoms with van der Waals surface area (Å²) in [6, 6.07) is 0. The van der Waals surface area contributed by atoms with Crippen molar-refractivity contribution in [2.24, 2.45) is 5.16 Å². The van der Waals surface area contributed by atoms with Crippen molar-refractivity contribution in [3.8, 4) is 0 Å². The molecular formula is C4H7NO3S. The lowest BCUT2D eigenvalue weighted by atomic mass is 10.3. The summed E-state index contributed by atoms with van der Waals surface area (Å²) in [4.78, 5) is 0. The van der Waals surface area contributed by atoms with E-state index in [0.29, 0.717) is 12.1 Å². The van der Waals surface area contributed by atoms with Gasteiger partial charge in [0.1, 0.15) is 0 Å². The predicted octanol–water partition coefficient (Wildman–Crippen LogP) is -0.365. The summed E-state index contributed by atoms with van der Waals surface area (Å²) in [5.74, 6) is 0.0654. The highest BCUT2D eigenvalue weighted by atomic mass is 32.2. The highest BCUT2D eigenvalue weighted by Gasteiger charge is 2.23. The summed E-state index contributed by atoms with van der Waals surface area (Å²) in [5, 5.41) is 10.9. The molecule has 52 valence electrons. The van der Waals surface area contributed by atoms with Crippen LogP contribution in [-0.4, -0.2) is 30.8 Å². The molecule has 0 aromatic heterocycles. The molecule has 1 heterocycles. The fourth-order valence-corrected chi connectivity index (χ4v) is 2.15. The quantitative estimate of drug-likeness (QED) is 0.377. The zero-order valence-electron chi connectivity index (χ0n) is 4.74. The van der Waals surface area contributed by atoms with E-state index < -0.39 is 9.84 Å². The van der Waals surface area contributed by atoms with Gasteiger partial charge in [-0.3, -0.25) is 0 Å². The van der Waals surface area contributed by atoms with Crippen LogP contribution in [0.4, 0.5) is 0 Å². The van der Waals surface area contributed by atoms with Crippen LogP contribution in [0.3, 0.4) is 0 Å². The SMILES string of the molecule is O=S1(=O)CCC(=NO)C1. The maximum atomic E-state index is 10.6. The van der Waals surface area contributed by atoms with Gasteiger partial charge in [-0.2, -0.15) is 0 Å². The van der Waals surface area contributed by atoms with E-state index in [4.69, 9.17) is 5.21 Å². The molecule has 0 amide bonds. The molecule has 0 aromatic rings. The Labute approximate surface area is 53.1 Å². The molecule has 0 aromatic carbocycles. The van der Waals surface area contributed by atoms with Crippen molar-refractivity contribution >= 4 is 15.5 Å². The van der Waals surface area contributed by atoms with Crippen LogP contribution < -0.4 is 0 Å². The average Bonchev–Trinajstić information content (AvgIpc) is 2.10. The molecule has 0 atom stereocenters. The van der Waals surface area contributed by atoms with E-state index in [-0.39, 0.29) is 11.5 Å². The molecule has 1 N–H and O–H groups in total. The molecule has 5 heteroatoms. The molecule has 1 aliphatic rings. The molecule has 1 aliphatic heterocycles. The van der Waals surface area contributed by atoms with Crippen molar-refractivity contribution in [1.29, 1.82) is 0 Å². The summed E-state index contributed by atoms with van der Waals surface area (Å²) < 4.78 is 21.2. The first-order valence-electron chi connectivity index (χ1n) is 2.54. The van der Waals surface area contributed by atoms with Gasteiger partial charge in [0.05, 0.1) is 17.2 Å². The Balaban J connectivity index is 2.81. The van der Waals surface area contributed by atoms with Gasteiger partial charge < -0.3 is 5.21 Å². The van der Waals surface area contributed by atoms with Crippen LogP contribution in [0.25, 0.3) is 0 Å². The van der Waals surface area contributed by atoms with Crippen LogP contribution >= 0.6 is 0 Å². The Hall–Kier alpha value is -0.580. The molecule has 4 nitrogen and oxygen atoms in total. The topological polar surface area (TPSA) is 66.7 Å². The monoisotopic (exact) mass is 149 g/mol. The van der Waals surface area contributed by atoms with Crippen molar-refractivity contribution in [1.82, 2.24) is 0 Å². The third kappa shape index (κ3) is 1.41. The summed E-state index contributed by atoms with van der Waals surface area (Å²) >= 11 is 0. The first kappa shape index (κ1) is 6.54. The molecule has 9 heavy (non-hydrogen) atoms. The van der Waals surface area contributed by atoms with E-state index in [1.54, 1.807) is 0 Å². The van der Waals surface area contributed by atoms with Crippen LogP contribution in [0.2, 0.25) is 0 Å². The number of hydrogen-bond acceptors (Lipinski definition) is 4. The zero-order valence-corrected chi connectivity index (χ0v) is 5.56. The summed E-state index contributed by atoms with van der Waals surface area (Å²) in [6.45, 7) is 0. The Morgan fingerprint density at radius 3 is 2.44 bits per heavy atom. The van der Waals surface area contributed by atoms with Gasteiger partial charge in [-0.15, -0.1) is 0 Å². The van der Waals surface area contributed by atoms with Gasteiger partial charge in [0.25, 0.3) is 0 Å². The van der Waals surface area contributed by atoms with Crippen LogP contribution in [0.5, 0.6) is 0 Å². The lowest BCUT2D eigenvalue weighted by Gasteiger charge is -1.83. The third-order valence-electron chi connectivity index (χ3n) is 1.23. The van der Waals surface area contributed by atoms with Crippen molar-refractivity contribution in [3.63, 3.8) is 0 Å². The average molecular weight is 149 g/mol. The fraction of sp³-hybridized carbons (Fsp3) is 0.750. The minimum Gasteiger partial charge on any atom is -0.411 e. The second-order valence-electron chi connectivity index (χ2n) is 2.01. The maximum Gasteiger partial charge on any atom is 0.156 e. The number of rotatable bonds is 0. The van der Waals surface area contributed by atoms with Gasteiger partial charge in [0, 0.05) is 6.42 Å². The third-order valence-corrected chi connectivity index (χ3v) is 2.83. The summed E-state index contributed by atoms with van der Waals surface area (Å²) in [7, 11) is -2.90. The van der Waals surface area contributed by atoms with Gasteiger partial charge in [-0.1, -0.05) is 5.16 Å². The maximum absolute atomic E-state index is 10.6. The molecule has 0 aliphatic carbocycles. The minimum absolute atomic E-state index is 0.0660. The number of oxime groups is 1. The fourth-order valence-electron chi connectivity index (χ4n) is 0.750. The smallest absolute Gasteiger partial charge is 0.156 e. The van der Waals surface area contributed by atoms with E-state index in [0.717, 1.165) is 0 Å². The van der Waals surface area contributed by atoms with E-state index in [1.807, 2.05) is 0 Å². The van der Waals surface area contributed by atoms with Crippen LogP contribution in [0, 0.1) is 0 Å². The zero-order chi connectivity index (χ0) is 6.91. The van der Waals surface area contributed by atoms with Crippen molar-refractivity contribution < 1.29 is 13.6 Å². The largest absolute Gasteiger partial charge is 0.411 e. The second-order valence-corrected chi connectivity index (χ2v) is 4.19. The van der Waals surface area contributed by atoms with Crippen LogP contribution in [-0.2, 0) is 9.84 Å². The Bertz CT molecular complexity index is 228. The Kier molecular flexibility index (Phi) is 1.44. The standard InChI is InChI=1S/C4H7NO3S/c6-5-4-1-2-9(7,8)3-4/h6H,1-3H2. The molecule has 0 radical (unpaired) electrons. The van der Waals surface area contributed by atoms with Gasteiger partial charge in [-0.05, 0) is 0 Å². The highest BCUT2D eigenvalue weighted by Crippen LogP contribution is 2.06. The Morgan fingerprint density at radius 1 is 1.56 bits per heavy atom. The molecule has 0 bridgehead atoms. The summed E-state index contributed by atoms with van der Waals surface area (Å²) in [6.07, 6.45) is 0.388. The van der Waals surface area contributed by atoms with E-state index in [2.05, 4.69) is 5.16 Å². The molecular weight excluding hydrogens is 142 g/mol. The van der Waals surface area contributed by atoms with E-state index in [1.165, 1.54) is 0 Å². The number of nitrogens with zero attached hydrogens (tertiary/aromatic N) is 1. The van der Waals surface area contributed by atoms with E-state index >= 15 is 0 Å². The lowest BCUT2D eigenvalue weighted by molar-refractivity contribution is 0.318. The molecule has 0 unspecified atom stereocenters. The second kappa shape index (κ2) is 1.98. The normalized spacial score (nSPS) is 29.1. The molecule has 1 fully saturated rings. The van der Waals surface area contributed by atoms with Gasteiger partial charge in [0.2, 0.25) is 0 Å². The van der Waals surface area contributed by atoms with Crippen molar-refractivity contribution in [2.45, 2.75) is 6.42 Å². The first-order valence-corrected chi connectivity index (χ1v) is 4.36. The van der Waals surface area contributed by atoms with Gasteiger partial charge in [-0.25, -0.2) is 8.42 Å². The van der Waals surface area contributed by atoms with Crippen molar-refractivity contribution in [2.75, 3.05) is 11.5 Å². The highest BCUT2D eigenvalue weighted by molar-refractivity contribution is 7.92. The molecule has 1 saturated heterocycles. The van der Waals surface area contributed by atoms with Crippen LogP contribution in [0.15, 0.2) is 5.16 Å². The molecule has 0 spiro atoms. The summed E-state index contributed by atoms with van der Waals surface area (Å²) in [5.41, 5.74) is 0.370. The van der Waals surface area contributed by atoms with E-state index in [9.17, 15) is 8.42 Å².